The third-order valence-electron chi connectivity index (χ3n) is 10.5. The van der Waals surface area contributed by atoms with E-state index in [0.29, 0.717) is 22.5 Å². The van der Waals surface area contributed by atoms with Gasteiger partial charge in [0.1, 0.15) is 11.2 Å². The molecule has 0 spiro atoms. The van der Waals surface area contributed by atoms with Crippen molar-refractivity contribution in [3.63, 3.8) is 0 Å². The van der Waals surface area contributed by atoms with Crippen LogP contribution in [0.2, 0.25) is 5.02 Å². The van der Waals surface area contributed by atoms with Crippen LogP contribution in [0.15, 0.2) is 180 Å². The van der Waals surface area contributed by atoms with Crippen LogP contribution in [0.5, 0.6) is 0 Å². The van der Waals surface area contributed by atoms with E-state index in [1.807, 2.05) is 36.4 Å². The zero-order valence-corrected chi connectivity index (χ0v) is 30.1. The van der Waals surface area contributed by atoms with Crippen molar-refractivity contribution in [2.24, 2.45) is 0 Å². The number of rotatable bonds is 5. The maximum atomic E-state index is 6.48. The second-order valence-electron chi connectivity index (χ2n) is 13.8. The number of furan rings is 1. The summed E-state index contributed by atoms with van der Waals surface area (Å²) in [6, 6.07) is 60.6. The van der Waals surface area contributed by atoms with Crippen molar-refractivity contribution in [3.05, 3.63) is 181 Å². The maximum Gasteiger partial charge on any atom is 0.164 e. The van der Waals surface area contributed by atoms with Crippen LogP contribution >= 0.6 is 11.6 Å². The van der Waals surface area contributed by atoms with E-state index in [-0.39, 0.29) is 0 Å². The first-order valence-corrected chi connectivity index (χ1v) is 18.6. The predicted octanol–water partition coefficient (Wildman–Crippen LogP) is 13.3. The van der Waals surface area contributed by atoms with Gasteiger partial charge in [0, 0.05) is 48.9 Å². The Morgan fingerprint density at radius 1 is 0.400 bits per heavy atom. The lowest BCUT2D eigenvalue weighted by Crippen LogP contribution is -2.00. The molecule has 3 heterocycles. The SMILES string of the molecule is Clc1ccc2oc3ccc4ccc(-c5nc(-c6ccc(-c7ccccc7)cc6)nc(-c6ccc7c(c6)c6ccccc6n7-c6ccccc6)n5)cc4c3c2c1. The monoisotopic (exact) mass is 724 g/mol. The molecule has 0 atom stereocenters. The molecule has 0 aliphatic carbocycles. The average molecular weight is 725 g/mol. The molecule has 6 heteroatoms. The Kier molecular flexibility index (Phi) is 7.15. The number of nitrogens with zero attached hydrogens (tertiary/aromatic N) is 4. The molecule has 55 heavy (non-hydrogen) atoms. The highest BCUT2D eigenvalue weighted by atomic mass is 35.5. The van der Waals surface area contributed by atoms with Gasteiger partial charge < -0.3 is 8.98 Å². The van der Waals surface area contributed by atoms with Gasteiger partial charge >= 0.3 is 0 Å². The summed E-state index contributed by atoms with van der Waals surface area (Å²) < 4.78 is 8.57. The van der Waals surface area contributed by atoms with Gasteiger partial charge in [0.15, 0.2) is 17.5 Å². The van der Waals surface area contributed by atoms with Crippen LogP contribution < -0.4 is 0 Å². The summed E-state index contributed by atoms with van der Waals surface area (Å²) >= 11 is 6.48. The summed E-state index contributed by atoms with van der Waals surface area (Å²) in [6.45, 7) is 0. The highest BCUT2D eigenvalue weighted by molar-refractivity contribution is 6.32. The molecule has 0 bridgehead atoms. The van der Waals surface area contributed by atoms with Crippen molar-refractivity contribution in [2.75, 3.05) is 0 Å². The van der Waals surface area contributed by atoms with Gasteiger partial charge in [-0.3, -0.25) is 0 Å². The van der Waals surface area contributed by atoms with Crippen molar-refractivity contribution >= 4 is 66.1 Å². The van der Waals surface area contributed by atoms with Crippen molar-refractivity contribution in [2.45, 2.75) is 0 Å². The molecule has 0 unspecified atom stereocenters. The third-order valence-corrected chi connectivity index (χ3v) is 10.7. The van der Waals surface area contributed by atoms with Crippen LogP contribution in [-0.4, -0.2) is 19.5 Å². The Hall–Kier alpha value is -7.08. The molecule has 0 N–H and O–H groups in total. The number of aromatic nitrogens is 4. The molecular formula is C49H29ClN4O. The molecule has 3 aromatic heterocycles. The number of benzene rings is 8. The largest absolute Gasteiger partial charge is 0.456 e. The standard InChI is InChI=1S/C49H29ClN4O/c50-36-23-26-44-41(29-36)46-39-27-34(20-17-32(39)22-25-45(46)55-44)48-51-47(33-18-15-31(16-19-33)30-9-3-1-4-10-30)52-49(53-48)35-21-24-43-40(28-35)38-13-7-8-14-42(38)54(43)37-11-5-2-6-12-37/h1-29H. The minimum absolute atomic E-state index is 0.587. The summed E-state index contributed by atoms with van der Waals surface area (Å²) in [4.78, 5) is 15.5. The molecule has 5 nitrogen and oxygen atoms in total. The van der Waals surface area contributed by atoms with Crippen LogP contribution in [0.4, 0.5) is 0 Å². The second-order valence-corrected chi connectivity index (χ2v) is 14.2. The fraction of sp³-hybridized carbons (Fsp3) is 0. The third kappa shape index (κ3) is 5.28. The fourth-order valence-electron chi connectivity index (χ4n) is 7.88. The molecule has 258 valence electrons. The van der Waals surface area contributed by atoms with E-state index >= 15 is 0 Å². The smallest absolute Gasteiger partial charge is 0.164 e. The summed E-state index contributed by atoms with van der Waals surface area (Å²) in [7, 11) is 0. The molecule has 11 rings (SSSR count). The minimum Gasteiger partial charge on any atom is -0.456 e. The van der Waals surface area contributed by atoms with E-state index in [1.165, 1.54) is 5.39 Å². The molecule has 0 fully saturated rings. The van der Waals surface area contributed by atoms with E-state index in [9.17, 15) is 0 Å². The molecule has 11 aromatic rings. The Labute approximate surface area is 320 Å². The van der Waals surface area contributed by atoms with Crippen LogP contribution in [0.3, 0.4) is 0 Å². The van der Waals surface area contributed by atoms with E-state index in [2.05, 4.69) is 144 Å². The van der Waals surface area contributed by atoms with Crippen molar-refractivity contribution < 1.29 is 4.42 Å². The number of halogens is 1. The first-order chi connectivity index (χ1) is 27.1. The summed E-state index contributed by atoms with van der Waals surface area (Å²) in [5.74, 6) is 1.79. The first kappa shape index (κ1) is 31.4. The Morgan fingerprint density at radius 2 is 0.964 bits per heavy atom. The number of hydrogen-bond donors (Lipinski definition) is 0. The average Bonchev–Trinajstić information content (AvgIpc) is 3.79. The van der Waals surface area contributed by atoms with E-state index in [4.69, 9.17) is 31.0 Å². The number of fused-ring (bicyclic) bond motifs is 8. The molecule has 0 saturated heterocycles. The summed E-state index contributed by atoms with van der Waals surface area (Å²) in [5, 5.41) is 7.09. The predicted molar refractivity (Wildman–Crippen MR) is 226 cm³/mol. The van der Waals surface area contributed by atoms with Gasteiger partial charge in [-0.05, 0) is 88.6 Å². The van der Waals surface area contributed by atoms with Crippen LogP contribution in [0, 0.1) is 0 Å². The normalized spacial score (nSPS) is 11.7. The molecule has 8 aromatic carbocycles. The highest BCUT2D eigenvalue weighted by Crippen LogP contribution is 2.39. The molecule has 0 amide bonds. The van der Waals surface area contributed by atoms with E-state index < -0.39 is 0 Å². The first-order valence-electron chi connectivity index (χ1n) is 18.2. The lowest BCUT2D eigenvalue weighted by atomic mass is 10.0. The van der Waals surface area contributed by atoms with E-state index in [0.717, 1.165) is 82.6 Å². The summed E-state index contributed by atoms with van der Waals surface area (Å²) in [6.07, 6.45) is 0. The Bertz CT molecular complexity index is 3260. The van der Waals surface area contributed by atoms with Gasteiger partial charge in [-0.2, -0.15) is 0 Å². The fourth-order valence-corrected chi connectivity index (χ4v) is 8.05. The van der Waals surface area contributed by atoms with Crippen LogP contribution in [-0.2, 0) is 0 Å². The van der Waals surface area contributed by atoms with Crippen LogP contribution in [0.25, 0.3) is 105 Å². The zero-order valence-electron chi connectivity index (χ0n) is 29.3. The van der Waals surface area contributed by atoms with Gasteiger partial charge in [0.05, 0.1) is 11.0 Å². The van der Waals surface area contributed by atoms with Crippen molar-refractivity contribution in [1.82, 2.24) is 19.5 Å². The van der Waals surface area contributed by atoms with Crippen LogP contribution in [0.1, 0.15) is 0 Å². The van der Waals surface area contributed by atoms with Gasteiger partial charge in [-0.1, -0.05) is 121 Å². The van der Waals surface area contributed by atoms with E-state index in [1.54, 1.807) is 0 Å². The Morgan fingerprint density at radius 3 is 1.75 bits per heavy atom. The van der Waals surface area contributed by atoms with Gasteiger partial charge in [-0.25, -0.2) is 15.0 Å². The molecule has 0 saturated carbocycles. The molecule has 0 aliphatic rings. The molecule has 0 radical (unpaired) electrons. The number of hydrogen-bond acceptors (Lipinski definition) is 4. The van der Waals surface area contributed by atoms with Crippen molar-refractivity contribution in [3.8, 4) is 51.0 Å². The molecule has 0 aliphatic heterocycles. The zero-order chi connectivity index (χ0) is 36.5. The second kappa shape index (κ2) is 12.5. The number of para-hydroxylation sites is 2. The Balaban J connectivity index is 1.12. The van der Waals surface area contributed by atoms with Gasteiger partial charge in [0.2, 0.25) is 0 Å². The minimum atomic E-state index is 0.587. The topological polar surface area (TPSA) is 56.7 Å². The highest BCUT2D eigenvalue weighted by Gasteiger charge is 2.18. The van der Waals surface area contributed by atoms with Crippen molar-refractivity contribution in [1.29, 1.82) is 0 Å². The summed E-state index contributed by atoms with van der Waals surface area (Å²) in [5.41, 5.74) is 9.96. The lowest BCUT2D eigenvalue weighted by Gasteiger charge is -2.11. The molecular weight excluding hydrogens is 696 g/mol. The van der Waals surface area contributed by atoms with Gasteiger partial charge in [0.25, 0.3) is 0 Å². The van der Waals surface area contributed by atoms with Gasteiger partial charge in [-0.15, -0.1) is 0 Å². The lowest BCUT2D eigenvalue weighted by molar-refractivity contribution is 0.669. The maximum absolute atomic E-state index is 6.48. The quantitative estimate of drug-likeness (QED) is 0.177.